The number of likely N-dealkylation sites (tertiary alicyclic amines) is 1. The number of benzene rings is 2. The molecule has 0 amide bonds. The summed E-state index contributed by atoms with van der Waals surface area (Å²) in [4.78, 5) is 2.17. The highest BCUT2D eigenvalue weighted by Gasteiger charge is 2.27. The second-order valence-corrected chi connectivity index (χ2v) is 7.36. The molecule has 0 unspecified atom stereocenters. The highest BCUT2D eigenvalue weighted by molar-refractivity contribution is 7.80. The van der Waals surface area contributed by atoms with Crippen molar-refractivity contribution in [3.63, 3.8) is 0 Å². The predicted molar refractivity (Wildman–Crippen MR) is 109 cm³/mol. The molecule has 2 aromatic rings. The van der Waals surface area contributed by atoms with E-state index >= 15 is 0 Å². The molecule has 2 aliphatic heterocycles. The highest BCUT2D eigenvalue weighted by Crippen LogP contribution is 2.33. The molecule has 142 valence electrons. The van der Waals surface area contributed by atoms with Crippen LogP contribution in [0.1, 0.15) is 24.5 Å². The quantitative estimate of drug-likeness (QED) is 0.789. The van der Waals surface area contributed by atoms with Crippen LogP contribution in [0.5, 0.6) is 11.5 Å². The molecular formula is C21H24N2O3S. The van der Waals surface area contributed by atoms with Crippen molar-refractivity contribution in [3.05, 3.63) is 54.1 Å². The Kier molecular flexibility index (Phi) is 5.45. The summed E-state index contributed by atoms with van der Waals surface area (Å²) in [7, 11) is 0. The maximum absolute atomic E-state index is 10.6. The fourth-order valence-corrected chi connectivity index (χ4v) is 3.96. The van der Waals surface area contributed by atoms with E-state index in [9.17, 15) is 5.11 Å². The van der Waals surface area contributed by atoms with Gasteiger partial charge < -0.3 is 24.8 Å². The standard InChI is InChI=1S/C21H24N2O3S/c24-20(15-4-2-1-3-5-15)16-8-10-23(11-9-16)21(27)22-17-6-7-18-19(14-17)26-13-12-25-18/h1-7,14,16,20,24H,8-13H2,(H,22,27)/t20-/m0/s1. The molecule has 2 N–H and O–H groups in total. The van der Waals surface area contributed by atoms with Crippen molar-refractivity contribution in [2.24, 2.45) is 5.92 Å². The number of piperidine rings is 1. The van der Waals surface area contributed by atoms with Crippen LogP contribution in [0.3, 0.4) is 0 Å². The van der Waals surface area contributed by atoms with Gasteiger partial charge in [0.1, 0.15) is 13.2 Å². The number of thiocarbonyl (C=S) groups is 1. The molecule has 0 aliphatic carbocycles. The van der Waals surface area contributed by atoms with Gasteiger partial charge in [0, 0.05) is 24.8 Å². The summed E-state index contributed by atoms with van der Waals surface area (Å²) in [5.74, 6) is 1.79. The van der Waals surface area contributed by atoms with Gasteiger partial charge in [-0.05, 0) is 48.7 Å². The zero-order valence-electron chi connectivity index (χ0n) is 15.1. The van der Waals surface area contributed by atoms with E-state index in [0.717, 1.165) is 48.7 Å². The number of anilines is 1. The number of hydrogen-bond acceptors (Lipinski definition) is 4. The maximum atomic E-state index is 10.6. The molecule has 5 nitrogen and oxygen atoms in total. The molecule has 1 atom stereocenters. The van der Waals surface area contributed by atoms with Crippen molar-refractivity contribution < 1.29 is 14.6 Å². The molecule has 6 heteroatoms. The zero-order chi connectivity index (χ0) is 18.6. The third-order valence-corrected chi connectivity index (χ3v) is 5.57. The normalized spacial score (nSPS) is 18.0. The lowest BCUT2D eigenvalue weighted by Crippen LogP contribution is -2.41. The molecule has 0 saturated carbocycles. The van der Waals surface area contributed by atoms with E-state index in [4.69, 9.17) is 21.7 Å². The van der Waals surface area contributed by atoms with Crippen LogP contribution < -0.4 is 14.8 Å². The fourth-order valence-electron chi connectivity index (χ4n) is 3.66. The Morgan fingerprint density at radius 2 is 1.74 bits per heavy atom. The molecule has 27 heavy (non-hydrogen) atoms. The Morgan fingerprint density at radius 1 is 1.04 bits per heavy atom. The Balaban J connectivity index is 1.32. The van der Waals surface area contributed by atoms with Crippen molar-refractivity contribution in [2.45, 2.75) is 18.9 Å². The molecule has 0 aromatic heterocycles. The highest BCUT2D eigenvalue weighted by atomic mass is 32.1. The van der Waals surface area contributed by atoms with Gasteiger partial charge in [0.2, 0.25) is 0 Å². The molecule has 0 spiro atoms. The number of nitrogens with zero attached hydrogens (tertiary/aromatic N) is 1. The van der Waals surface area contributed by atoms with Gasteiger partial charge in [-0.15, -0.1) is 0 Å². The van der Waals surface area contributed by atoms with Gasteiger partial charge in [-0.3, -0.25) is 0 Å². The van der Waals surface area contributed by atoms with E-state index in [1.54, 1.807) is 0 Å². The number of ether oxygens (including phenoxy) is 2. The average Bonchev–Trinajstić information content (AvgIpc) is 2.74. The first-order valence-electron chi connectivity index (χ1n) is 9.39. The molecule has 1 fully saturated rings. The minimum atomic E-state index is -0.410. The summed E-state index contributed by atoms with van der Waals surface area (Å²) in [5, 5.41) is 14.6. The largest absolute Gasteiger partial charge is 0.486 e. The predicted octanol–water partition coefficient (Wildman–Crippen LogP) is 3.60. The van der Waals surface area contributed by atoms with Crippen LogP contribution in [0.2, 0.25) is 0 Å². The number of fused-ring (bicyclic) bond motifs is 1. The second kappa shape index (κ2) is 8.15. The fraction of sp³-hybridized carbons (Fsp3) is 0.381. The molecule has 1 saturated heterocycles. The minimum Gasteiger partial charge on any atom is -0.486 e. The van der Waals surface area contributed by atoms with Crippen LogP contribution >= 0.6 is 12.2 Å². The lowest BCUT2D eigenvalue weighted by Gasteiger charge is -2.36. The number of nitrogens with one attached hydrogen (secondary N) is 1. The van der Waals surface area contributed by atoms with Gasteiger partial charge in [0.15, 0.2) is 16.6 Å². The second-order valence-electron chi connectivity index (χ2n) is 6.97. The first-order chi connectivity index (χ1) is 13.2. The Bertz CT molecular complexity index is 791. The van der Waals surface area contributed by atoms with Gasteiger partial charge in [-0.1, -0.05) is 30.3 Å². The molecule has 2 heterocycles. The minimum absolute atomic E-state index is 0.265. The van der Waals surface area contributed by atoms with Crippen LogP contribution in [0, 0.1) is 5.92 Å². The van der Waals surface area contributed by atoms with Crippen molar-refractivity contribution >= 4 is 23.0 Å². The Hall–Kier alpha value is -2.31. The number of aliphatic hydroxyl groups excluding tert-OH is 1. The summed E-state index contributed by atoms with van der Waals surface area (Å²) in [5.41, 5.74) is 1.89. The lowest BCUT2D eigenvalue weighted by molar-refractivity contribution is 0.0744. The van der Waals surface area contributed by atoms with Crippen LogP contribution in [-0.2, 0) is 0 Å². The van der Waals surface area contributed by atoms with Crippen LogP contribution in [0.15, 0.2) is 48.5 Å². The number of rotatable bonds is 3. The van der Waals surface area contributed by atoms with E-state index in [1.807, 2.05) is 48.5 Å². The summed E-state index contributed by atoms with van der Waals surface area (Å²) in [6.07, 6.45) is 1.42. The van der Waals surface area contributed by atoms with Gasteiger partial charge in [0.05, 0.1) is 6.10 Å². The molecule has 0 radical (unpaired) electrons. The van der Waals surface area contributed by atoms with E-state index in [1.165, 1.54) is 0 Å². The van der Waals surface area contributed by atoms with E-state index in [0.29, 0.717) is 18.3 Å². The zero-order valence-corrected chi connectivity index (χ0v) is 16.0. The Morgan fingerprint density at radius 3 is 2.48 bits per heavy atom. The van der Waals surface area contributed by atoms with Gasteiger partial charge >= 0.3 is 0 Å². The van der Waals surface area contributed by atoms with Crippen LogP contribution in [0.4, 0.5) is 5.69 Å². The summed E-state index contributed by atoms with van der Waals surface area (Å²) >= 11 is 5.59. The molecule has 4 rings (SSSR count). The van der Waals surface area contributed by atoms with Gasteiger partial charge in [-0.25, -0.2) is 0 Å². The van der Waals surface area contributed by atoms with Crippen molar-refractivity contribution in [2.75, 3.05) is 31.6 Å². The molecule has 0 bridgehead atoms. The Labute approximate surface area is 164 Å². The third-order valence-electron chi connectivity index (χ3n) is 5.21. The number of hydrogen-bond donors (Lipinski definition) is 2. The van der Waals surface area contributed by atoms with Crippen LogP contribution in [-0.4, -0.2) is 41.4 Å². The SMILES string of the molecule is O[C@@H](c1ccccc1)C1CCN(C(=S)Nc2ccc3c(c2)OCCO3)CC1. The summed E-state index contributed by atoms with van der Waals surface area (Å²) < 4.78 is 11.2. The summed E-state index contributed by atoms with van der Waals surface area (Å²) in [6, 6.07) is 15.7. The first-order valence-corrected chi connectivity index (χ1v) is 9.80. The average molecular weight is 385 g/mol. The van der Waals surface area contributed by atoms with Crippen molar-refractivity contribution in [1.29, 1.82) is 0 Å². The third kappa shape index (κ3) is 4.17. The topological polar surface area (TPSA) is 54.0 Å². The maximum Gasteiger partial charge on any atom is 0.173 e. The van der Waals surface area contributed by atoms with Gasteiger partial charge in [0.25, 0.3) is 0 Å². The molecule has 2 aromatic carbocycles. The van der Waals surface area contributed by atoms with Crippen molar-refractivity contribution in [3.8, 4) is 11.5 Å². The van der Waals surface area contributed by atoms with E-state index < -0.39 is 6.10 Å². The molecular weight excluding hydrogens is 360 g/mol. The molecule has 2 aliphatic rings. The smallest absolute Gasteiger partial charge is 0.173 e. The van der Waals surface area contributed by atoms with Crippen molar-refractivity contribution in [1.82, 2.24) is 4.90 Å². The lowest BCUT2D eigenvalue weighted by atomic mass is 9.87. The monoisotopic (exact) mass is 384 g/mol. The van der Waals surface area contributed by atoms with Crippen LogP contribution in [0.25, 0.3) is 0 Å². The first kappa shape index (κ1) is 18.1. The van der Waals surface area contributed by atoms with Gasteiger partial charge in [-0.2, -0.15) is 0 Å². The van der Waals surface area contributed by atoms with E-state index in [-0.39, 0.29) is 5.92 Å². The van der Waals surface area contributed by atoms with E-state index in [2.05, 4.69) is 10.2 Å². The summed E-state index contributed by atoms with van der Waals surface area (Å²) in [6.45, 7) is 2.83. The number of aliphatic hydroxyl groups is 1.